The normalized spacial score (nSPS) is 21.1. The lowest BCUT2D eigenvalue weighted by molar-refractivity contribution is 0.0980. The van der Waals surface area contributed by atoms with Crippen LogP contribution in [-0.2, 0) is 31.9 Å². The smallest absolute Gasteiger partial charge is 0.493 e. The van der Waals surface area contributed by atoms with E-state index in [0.717, 1.165) is 92.1 Å². The average Bonchev–Trinajstić information content (AvgIpc) is 3.39. The first-order chi connectivity index (χ1) is 37.5. The van der Waals surface area contributed by atoms with Crippen LogP contribution < -0.4 is 28.4 Å². The Balaban J connectivity index is 0.851. The number of hydrogen-bond acceptors (Lipinski definition) is 10. The maximum Gasteiger partial charge on any atom is 0.519 e. The van der Waals surface area contributed by atoms with Crippen molar-refractivity contribution in [3.8, 4) is 34.5 Å². The molecule has 0 heterocycles. The minimum Gasteiger partial charge on any atom is -0.493 e. The molecule has 0 radical (unpaired) electrons. The molecule has 5 aromatic rings. The topological polar surface area (TPSA) is 108 Å². The van der Waals surface area contributed by atoms with E-state index in [9.17, 15) is 9.59 Å². The highest BCUT2D eigenvalue weighted by Crippen LogP contribution is 2.54. The van der Waals surface area contributed by atoms with Crippen LogP contribution in [0.25, 0.3) is 0 Å². The van der Waals surface area contributed by atoms with E-state index in [1.54, 1.807) is 26.4 Å². The van der Waals surface area contributed by atoms with Crippen molar-refractivity contribution in [2.75, 3.05) is 14.2 Å². The number of ether oxygens (including phenoxy) is 6. The van der Waals surface area contributed by atoms with Crippen LogP contribution in [0, 0.1) is 36.5 Å². The van der Waals surface area contributed by atoms with E-state index in [2.05, 4.69) is 142 Å². The molecule has 10 nitrogen and oxygen atoms in total. The Hall–Kier alpha value is -5.19. The number of carbonyl (C=O) groups is 2. The SMILES string of the molecule is COc1cc(CCC[Si](C)(C)O[Si](C)(C)O[Si](C)(C)CCCc2ccc(OC(=O)Oc3ccc(C4(c5ccccc5)CCC(C)(C)C(C)C4)cc3C)c(OC)c2)ccc1OC(=O)Oc1ccc(C2(C)CCC(C)(C)C(C)C2)cc1C. The first-order valence-electron chi connectivity index (χ1n) is 29.3. The first kappa shape index (κ1) is 62.4. The zero-order valence-electron chi connectivity index (χ0n) is 51.5. The zero-order chi connectivity index (χ0) is 58.5. The Morgan fingerprint density at radius 2 is 0.912 bits per heavy atom. The van der Waals surface area contributed by atoms with E-state index in [-0.39, 0.29) is 16.2 Å². The van der Waals surface area contributed by atoms with Crippen molar-refractivity contribution < 1.29 is 46.2 Å². The van der Waals surface area contributed by atoms with Gasteiger partial charge in [-0.2, -0.15) is 0 Å². The molecule has 4 atom stereocenters. The molecule has 434 valence electrons. The number of carbonyl (C=O) groups excluding carboxylic acids is 2. The molecule has 2 fully saturated rings. The second-order valence-corrected chi connectivity index (χ2v) is 39.3. The van der Waals surface area contributed by atoms with Crippen LogP contribution in [0.2, 0.25) is 51.4 Å². The quantitative estimate of drug-likeness (QED) is 0.0400. The lowest BCUT2D eigenvalue weighted by Crippen LogP contribution is -2.52. The third-order valence-corrected chi connectivity index (χ3v) is 29.8. The average molecular weight is 1140 g/mol. The molecule has 2 aliphatic carbocycles. The van der Waals surface area contributed by atoms with Gasteiger partial charge in [0.05, 0.1) is 14.2 Å². The first-order valence-corrected chi connectivity index (χ1v) is 38.3. The van der Waals surface area contributed by atoms with Crippen molar-refractivity contribution in [2.45, 2.75) is 189 Å². The van der Waals surface area contributed by atoms with Crippen LogP contribution in [0.5, 0.6) is 34.5 Å². The second kappa shape index (κ2) is 25.1. The van der Waals surface area contributed by atoms with Crippen molar-refractivity contribution >= 4 is 37.5 Å². The number of benzene rings is 5. The van der Waals surface area contributed by atoms with E-state index in [1.165, 1.54) is 23.1 Å². The molecule has 0 N–H and O–H groups in total. The summed E-state index contributed by atoms with van der Waals surface area (Å²) in [5, 5.41) is 0. The molecule has 4 unspecified atom stereocenters. The molecule has 2 saturated carbocycles. The summed E-state index contributed by atoms with van der Waals surface area (Å²) in [5.74, 6) is 3.71. The summed E-state index contributed by atoms with van der Waals surface area (Å²) < 4.78 is 48.4. The fourth-order valence-electron chi connectivity index (χ4n) is 12.7. The van der Waals surface area contributed by atoms with Gasteiger partial charge in [0.2, 0.25) is 0 Å². The van der Waals surface area contributed by atoms with Gasteiger partial charge in [-0.05, 0) is 233 Å². The van der Waals surface area contributed by atoms with Gasteiger partial charge in [-0.25, -0.2) is 9.59 Å². The molecule has 0 aromatic heterocycles. The molecule has 0 amide bonds. The lowest BCUT2D eigenvalue weighted by Gasteiger charge is -2.48. The maximum atomic E-state index is 13.3. The number of aryl methyl sites for hydroxylation is 4. The third-order valence-electron chi connectivity index (χ3n) is 18.3. The summed E-state index contributed by atoms with van der Waals surface area (Å²) in [6.07, 6.45) is 8.62. The minimum atomic E-state index is -2.47. The van der Waals surface area contributed by atoms with Crippen LogP contribution in [0.3, 0.4) is 0 Å². The number of methoxy groups -OCH3 is 2. The van der Waals surface area contributed by atoms with Gasteiger partial charge in [0, 0.05) is 5.41 Å². The van der Waals surface area contributed by atoms with Crippen LogP contribution in [-0.4, -0.2) is 51.7 Å². The van der Waals surface area contributed by atoms with Crippen molar-refractivity contribution in [3.63, 3.8) is 0 Å². The summed E-state index contributed by atoms with van der Waals surface area (Å²) in [6, 6.07) is 36.6. The van der Waals surface area contributed by atoms with Gasteiger partial charge >= 0.3 is 20.9 Å². The van der Waals surface area contributed by atoms with Gasteiger partial charge < -0.3 is 36.7 Å². The van der Waals surface area contributed by atoms with Crippen molar-refractivity contribution in [2.24, 2.45) is 22.7 Å². The van der Waals surface area contributed by atoms with Gasteiger partial charge in [-0.15, -0.1) is 0 Å². The minimum absolute atomic E-state index is 0.0935. The summed E-state index contributed by atoms with van der Waals surface area (Å²) in [7, 11) is -3.50. The van der Waals surface area contributed by atoms with Crippen LogP contribution in [0.1, 0.15) is 139 Å². The molecule has 80 heavy (non-hydrogen) atoms. The van der Waals surface area contributed by atoms with E-state index in [1.807, 2.05) is 50.2 Å². The zero-order valence-corrected chi connectivity index (χ0v) is 54.5. The molecule has 0 saturated heterocycles. The standard InChI is InChI=1S/C67H94O10Si3/c1-47-41-54(66(9)37-35-64(5,6)49(3)45-66)29-33-56(47)72-62(68)74-58-31-27-51(43-60(58)70-10)23-21-39-78(12,13)76-80(16,17)77-79(14,15)40-22-24-52-28-32-59(61(44-52)71-11)75-63(69)73-57-34-30-55(42-48(57)2)67(53-25-19-18-20-26-53)38-36-65(7,8)50(4)46-67/h18-20,25-34,41-44,49-50H,21-24,35-40,45-46H2,1-17H3. The Morgan fingerprint density at radius 1 is 0.487 bits per heavy atom. The van der Waals surface area contributed by atoms with E-state index in [0.29, 0.717) is 51.7 Å². The van der Waals surface area contributed by atoms with Crippen LogP contribution in [0.4, 0.5) is 9.59 Å². The van der Waals surface area contributed by atoms with E-state index in [4.69, 9.17) is 36.7 Å². The largest absolute Gasteiger partial charge is 0.519 e. The molecule has 2 aliphatic rings. The molecule has 5 aromatic carbocycles. The highest BCUT2D eigenvalue weighted by atomic mass is 28.5. The highest BCUT2D eigenvalue weighted by molar-refractivity contribution is 6.87. The Labute approximate surface area is 483 Å². The van der Waals surface area contributed by atoms with Gasteiger partial charge in [-0.3, -0.25) is 0 Å². The lowest BCUT2D eigenvalue weighted by atomic mass is 9.55. The highest BCUT2D eigenvalue weighted by Gasteiger charge is 2.46. The van der Waals surface area contributed by atoms with Gasteiger partial charge in [0.1, 0.15) is 11.5 Å². The predicted molar refractivity (Wildman–Crippen MR) is 331 cm³/mol. The summed E-state index contributed by atoms with van der Waals surface area (Å²) in [6.45, 7) is 34.1. The fraction of sp³-hybridized carbons (Fsp3) is 0.522. The van der Waals surface area contributed by atoms with Crippen molar-refractivity contribution in [1.29, 1.82) is 0 Å². The Bertz CT molecular complexity index is 2950. The number of rotatable bonds is 21. The summed E-state index contributed by atoms with van der Waals surface area (Å²) in [4.78, 5) is 26.4. The maximum absolute atomic E-state index is 13.3. The fourth-order valence-corrected chi connectivity index (χ4v) is 26.7. The molecule has 7 rings (SSSR count). The summed E-state index contributed by atoms with van der Waals surface area (Å²) in [5.41, 5.74) is 8.44. The van der Waals surface area contributed by atoms with Crippen LogP contribution in [0.15, 0.2) is 103 Å². The summed E-state index contributed by atoms with van der Waals surface area (Å²) >= 11 is 0. The molecule has 0 aliphatic heterocycles. The van der Waals surface area contributed by atoms with Crippen molar-refractivity contribution in [3.05, 3.63) is 142 Å². The number of hydrogen-bond donors (Lipinski definition) is 0. The third kappa shape index (κ3) is 15.7. The van der Waals surface area contributed by atoms with Crippen LogP contribution >= 0.6 is 0 Å². The van der Waals surface area contributed by atoms with Gasteiger partial charge in [0.15, 0.2) is 39.6 Å². The van der Waals surface area contributed by atoms with Gasteiger partial charge in [0.25, 0.3) is 0 Å². The Kier molecular flexibility index (Phi) is 19.6. The molecule has 0 bridgehead atoms. The molecule has 13 heteroatoms. The van der Waals surface area contributed by atoms with Gasteiger partial charge in [-0.1, -0.05) is 115 Å². The second-order valence-electron chi connectivity index (χ2n) is 26.9. The molecule has 0 spiro atoms. The predicted octanol–water partition coefficient (Wildman–Crippen LogP) is 18.4. The molecular formula is C67H94O10Si3. The molecular weight excluding hydrogens is 1050 g/mol. The van der Waals surface area contributed by atoms with Crippen molar-refractivity contribution in [1.82, 2.24) is 0 Å². The van der Waals surface area contributed by atoms with E-state index >= 15 is 0 Å². The Morgan fingerprint density at radius 3 is 1.36 bits per heavy atom. The monoisotopic (exact) mass is 1140 g/mol. The van der Waals surface area contributed by atoms with E-state index < -0.39 is 37.5 Å².